The highest BCUT2D eigenvalue weighted by Gasteiger charge is 2.36. The number of aliphatic hydroxyl groups is 3. The molecule has 10 atom stereocenters. The van der Waals surface area contributed by atoms with E-state index in [1.54, 1.807) is 66.9 Å². The highest BCUT2D eigenvalue weighted by atomic mass is 32.2. The smallest absolute Gasteiger partial charge is 0.325 e. The van der Waals surface area contributed by atoms with Gasteiger partial charge < -0.3 is 84.1 Å². The molecule has 4 aromatic rings. The lowest BCUT2D eigenvalue weighted by Crippen LogP contribution is -2.62. The molecule has 28 heteroatoms. The van der Waals surface area contributed by atoms with E-state index in [2.05, 4.69) is 57.8 Å². The standard InChI is InChI=1S/C53H70N12O15S/c1-29(53(79)80)57-45(71)36(18-19-81-3)59-48(74)40(23-34-25-55-28-56-34)61-46(72)38(22-33-14-16-35(69)17-15-33)60-50(76)41(26-66)64-51(77)42(27-67)63-47(73)39(21-32-12-8-5-9-13-32)62-52(78)44(30(2)68)65-49(75)37(58-43(70)24-54)20-31-10-6-4-7-11-31/h4-17,25,28-30,36-42,44,66-69H,18-24,26-27,54H2,1-3H3,(H,55,56)(H,57,71)(H,58,70)(H,59,74)(H,60,76)(H,61,72)(H,62,78)(H,63,73)(H,64,77)(H,65,75)(H,79,80)/t29-,30+,36-,37-,38-,39-,40-,41-,42-,44-/m0/s1. The molecule has 1 heterocycles. The van der Waals surface area contributed by atoms with Crippen molar-refractivity contribution in [2.45, 2.75) is 106 Å². The second kappa shape index (κ2) is 33.2. The maximum Gasteiger partial charge on any atom is 0.325 e. The van der Waals surface area contributed by atoms with Gasteiger partial charge in [0.25, 0.3) is 0 Å². The maximum atomic E-state index is 14.3. The van der Waals surface area contributed by atoms with Gasteiger partial charge in [-0.2, -0.15) is 11.8 Å². The van der Waals surface area contributed by atoms with Crippen molar-refractivity contribution in [3.63, 3.8) is 0 Å². The number of aromatic hydroxyl groups is 1. The quantitative estimate of drug-likeness (QED) is 0.0216. The molecule has 0 aliphatic carbocycles. The minimum atomic E-state index is -1.87. The second-order valence-corrected chi connectivity index (χ2v) is 19.6. The first-order valence-electron chi connectivity index (χ1n) is 25.5. The molecule has 0 saturated heterocycles. The number of amides is 9. The van der Waals surface area contributed by atoms with Crippen molar-refractivity contribution >= 4 is 70.9 Å². The van der Waals surface area contributed by atoms with Crippen LogP contribution in [0.1, 0.15) is 42.7 Å². The minimum Gasteiger partial charge on any atom is -0.508 e. The number of carboxylic acids is 1. The van der Waals surface area contributed by atoms with Gasteiger partial charge in [-0.1, -0.05) is 72.8 Å². The SMILES string of the molecule is CSCC[C@H](NC(=O)[C@H](Cc1cnc[nH]1)NC(=O)[C@H](Cc1ccc(O)cc1)NC(=O)[C@H](CO)NC(=O)[C@H](CO)NC(=O)[C@H](Cc1ccccc1)NC(=O)[C@@H](NC(=O)[C@H](Cc1ccccc1)NC(=O)CN)[C@@H](C)O)C(=O)N[C@@H](C)C(=O)O. The number of imidazole rings is 1. The molecule has 0 saturated carbocycles. The van der Waals surface area contributed by atoms with Gasteiger partial charge in [0.1, 0.15) is 60.1 Å². The Kier molecular flexibility index (Phi) is 26.7. The summed E-state index contributed by atoms with van der Waals surface area (Å²) < 4.78 is 0. The lowest BCUT2D eigenvalue weighted by molar-refractivity contribution is -0.141. The molecule has 0 bridgehead atoms. The number of thioether (sulfide) groups is 1. The van der Waals surface area contributed by atoms with Crippen LogP contribution in [0.15, 0.2) is 97.5 Å². The monoisotopic (exact) mass is 1150 g/mol. The number of phenolic OH excluding ortho intramolecular Hbond substituents is 1. The summed E-state index contributed by atoms with van der Waals surface area (Å²) in [5, 5.41) is 72.9. The lowest BCUT2D eigenvalue weighted by Gasteiger charge is -2.28. The van der Waals surface area contributed by atoms with Crippen molar-refractivity contribution < 1.29 is 73.5 Å². The van der Waals surface area contributed by atoms with Crippen LogP contribution in [-0.2, 0) is 73.6 Å². The van der Waals surface area contributed by atoms with Gasteiger partial charge in [-0.25, -0.2) is 4.98 Å². The summed E-state index contributed by atoms with van der Waals surface area (Å²) in [7, 11) is 0. The normalized spacial score (nSPS) is 14.7. The molecule has 4 rings (SSSR count). The fraction of sp³-hybridized carbons (Fsp3) is 0.415. The number of phenols is 1. The number of nitrogens with two attached hydrogens (primary N) is 1. The summed E-state index contributed by atoms with van der Waals surface area (Å²) in [5.41, 5.74) is 7.36. The zero-order valence-corrected chi connectivity index (χ0v) is 45.4. The van der Waals surface area contributed by atoms with E-state index in [-0.39, 0.29) is 37.9 Å². The summed E-state index contributed by atoms with van der Waals surface area (Å²) in [4.78, 5) is 142. The minimum absolute atomic E-state index is 0.0264. The number of nitrogens with zero attached hydrogens (tertiary/aromatic N) is 1. The first-order valence-corrected chi connectivity index (χ1v) is 26.9. The Bertz CT molecular complexity index is 2730. The van der Waals surface area contributed by atoms with Gasteiger partial charge in [0.15, 0.2) is 0 Å². The first kappa shape index (κ1) is 65.1. The van der Waals surface area contributed by atoms with E-state index in [1.165, 1.54) is 62.4 Å². The summed E-state index contributed by atoms with van der Waals surface area (Å²) in [6, 6.07) is 8.40. The Morgan fingerprint density at radius 1 is 0.543 bits per heavy atom. The number of hydrogen-bond acceptors (Lipinski definition) is 17. The van der Waals surface area contributed by atoms with Gasteiger partial charge in [0.05, 0.1) is 32.2 Å². The fourth-order valence-electron chi connectivity index (χ4n) is 7.82. The van der Waals surface area contributed by atoms with Crippen molar-refractivity contribution in [3.05, 3.63) is 120 Å². The van der Waals surface area contributed by atoms with E-state index in [9.17, 15) is 73.5 Å². The third-order valence-electron chi connectivity index (χ3n) is 12.3. The molecule has 0 fully saturated rings. The van der Waals surface area contributed by atoms with Crippen LogP contribution < -0.4 is 53.6 Å². The van der Waals surface area contributed by atoms with E-state index in [4.69, 9.17) is 5.73 Å². The number of carbonyl (C=O) groups is 10. The Morgan fingerprint density at radius 2 is 0.951 bits per heavy atom. The number of aromatic amines is 1. The van der Waals surface area contributed by atoms with E-state index in [0.29, 0.717) is 28.1 Å². The number of H-pyrrole nitrogens is 1. The van der Waals surface area contributed by atoms with Crippen LogP contribution in [0.25, 0.3) is 0 Å². The van der Waals surface area contributed by atoms with Gasteiger partial charge in [-0.15, -0.1) is 0 Å². The van der Waals surface area contributed by atoms with Crippen LogP contribution in [0.3, 0.4) is 0 Å². The van der Waals surface area contributed by atoms with Gasteiger partial charge in [0.2, 0.25) is 53.2 Å². The molecule has 1 aromatic heterocycles. The second-order valence-electron chi connectivity index (χ2n) is 18.7. The van der Waals surface area contributed by atoms with E-state index in [0.717, 1.165) is 0 Å². The molecule has 0 radical (unpaired) electrons. The number of rotatable bonds is 33. The molecule has 81 heavy (non-hydrogen) atoms. The molecule has 17 N–H and O–H groups in total. The van der Waals surface area contributed by atoms with E-state index < -0.39 is 139 Å². The van der Waals surface area contributed by atoms with Gasteiger partial charge in [-0.3, -0.25) is 47.9 Å². The molecule has 0 spiro atoms. The summed E-state index contributed by atoms with van der Waals surface area (Å²) in [6.45, 7) is -0.229. The van der Waals surface area contributed by atoms with Gasteiger partial charge in [-0.05, 0) is 61.1 Å². The Balaban J connectivity index is 1.55. The van der Waals surface area contributed by atoms with Gasteiger partial charge >= 0.3 is 5.97 Å². The Labute approximate surface area is 470 Å². The zero-order valence-electron chi connectivity index (χ0n) is 44.6. The molecular formula is C53H70N12O15S. The third-order valence-corrected chi connectivity index (χ3v) is 13.0. The highest BCUT2D eigenvalue weighted by molar-refractivity contribution is 7.98. The molecule has 0 aliphatic rings. The van der Waals surface area contributed by atoms with Crippen LogP contribution in [-0.4, -0.2) is 187 Å². The number of carbonyl (C=O) groups excluding carboxylic acids is 9. The number of carboxylic acid groups (broad SMARTS) is 1. The van der Waals surface area contributed by atoms with Crippen molar-refractivity contribution in [1.29, 1.82) is 0 Å². The lowest BCUT2D eigenvalue weighted by atomic mass is 10.0. The number of benzene rings is 3. The zero-order chi connectivity index (χ0) is 59.6. The average Bonchev–Trinajstić information content (AvgIpc) is 3.97. The predicted octanol–water partition coefficient (Wildman–Crippen LogP) is -4.07. The van der Waals surface area contributed by atoms with Crippen molar-refractivity contribution in [2.75, 3.05) is 31.8 Å². The number of nitrogens with one attached hydrogen (secondary N) is 10. The van der Waals surface area contributed by atoms with Crippen molar-refractivity contribution in [1.82, 2.24) is 57.8 Å². The van der Waals surface area contributed by atoms with Crippen LogP contribution >= 0.6 is 11.8 Å². The van der Waals surface area contributed by atoms with E-state index in [1.807, 2.05) is 0 Å². The Morgan fingerprint density at radius 3 is 1.38 bits per heavy atom. The topological polar surface area (TPSA) is 435 Å². The molecule has 27 nitrogen and oxygen atoms in total. The number of aliphatic hydroxyl groups excluding tert-OH is 3. The summed E-state index contributed by atoms with van der Waals surface area (Å²) in [6.07, 6.45) is 2.13. The van der Waals surface area contributed by atoms with Crippen LogP contribution in [0.5, 0.6) is 5.75 Å². The fourth-order valence-corrected chi connectivity index (χ4v) is 8.30. The number of hydrogen-bond donors (Lipinski definition) is 16. The number of aromatic nitrogens is 2. The van der Waals surface area contributed by atoms with Crippen molar-refractivity contribution in [3.8, 4) is 5.75 Å². The largest absolute Gasteiger partial charge is 0.508 e. The highest BCUT2D eigenvalue weighted by Crippen LogP contribution is 2.14. The molecule has 0 aliphatic heterocycles. The van der Waals surface area contributed by atoms with Crippen molar-refractivity contribution in [2.24, 2.45) is 5.73 Å². The van der Waals surface area contributed by atoms with Crippen LogP contribution in [0.2, 0.25) is 0 Å². The molecule has 438 valence electrons. The van der Waals surface area contributed by atoms with Gasteiger partial charge in [0, 0.05) is 37.6 Å². The molecular weight excluding hydrogens is 1080 g/mol. The Hall–Kier alpha value is -8.44. The van der Waals surface area contributed by atoms with E-state index >= 15 is 0 Å². The molecule has 0 unspecified atom stereocenters. The molecule has 9 amide bonds. The summed E-state index contributed by atoms with van der Waals surface area (Å²) in [5.74, 6) is -9.85. The van der Waals surface area contributed by atoms with Crippen LogP contribution in [0.4, 0.5) is 0 Å². The average molecular weight is 1150 g/mol. The third kappa shape index (κ3) is 21.6. The first-order chi connectivity index (χ1) is 38.7. The summed E-state index contributed by atoms with van der Waals surface area (Å²) >= 11 is 1.35. The van der Waals surface area contributed by atoms with Crippen LogP contribution in [0, 0.1) is 0 Å². The number of aliphatic carboxylic acids is 1. The molecule has 3 aromatic carbocycles. The predicted molar refractivity (Wildman–Crippen MR) is 293 cm³/mol. The maximum absolute atomic E-state index is 14.3.